The predicted molar refractivity (Wildman–Crippen MR) is 123 cm³/mol. The van der Waals surface area contributed by atoms with E-state index in [1.807, 2.05) is 49.4 Å². The first-order valence-electron chi connectivity index (χ1n) is 10.1. The van der Waals surface area contributed by atoms with Crippen molar-refractivity contribution in [2.75, 3.05) is 0 Å². The first-order valence-corrected chi connectivity index (χ1v) is 11.1. The zero-order valence-corrected chi connectivity index (χ0v) is 18.2. The molecule has 156 valence electrons. The number of carbonyl (C=O) groups excluding carboxylic acids is 1. The molecule has 4 aromatic rings. The van der Waals surface area contributed by atoms with Crippen molar-refractivity contribution in [1.29, 1.82) is 0 Å². The van der Waals surface area contributed by atoms with Gasteiger partial charge in [-0.2, -0.15) is 4.98 Å². The molecule has 6 heteroatoms. The highest BCUT2D eigenvalue weighted by Crippen LogP contribution is 2.27. The summed E-state index contributed by atoms with van der Waals surface area (Å²) in [4.78, 5) is 18.1. The fraction of sp³-hybridized carbons (Fsp3) is 0.160. The summed E-state index contributed by atoms with van der Waals surface area (Å²) in [5.74, 6) is 1.59. The van der Waals surface area contributed by atoms with E-state index in [1.54, 1.807) is 6.92 Å². The zero-order valence-electron chi connectivity index (χ0n) is 17.4. The van der Waals surface area contributed by atoms with E-state index in [9.17, 15) is 4.79 Å². The Bertz CT molecular complexity index is 1160. The molecule has 3 aromatic carbocycles. The number of carbonyl (C=O) groups is 1. The molecule has 0 aliphatic heterocycles. The third-order valence-corrected chi connectivity index (χ3v) is 5.99. The van der Waals surface area contributed by atoms with Crippen molar-refractivity contribution in [2.45, 2.75) is 30.5 Å². The van der Waals surface area contributed by atoms with E-state index in [2.05, 4.69) is 51.9 Å². The molecular formula is C25H23N3O2S. The first-order chi connectivity index (χ1) is 15.1. The molecule has 1 atom stereocenters. The molecular weight excluding hydrogens is 406 g/mol. The number of amides is 1. The number of rotatable bonds is 7. The van der Waals surface area contributed by atoms with E-state index in [4.69, 9.17) is 4.52 Å². The van der Waals surface area contributed by atoms with E-state index in [0.29, 0.717) is 23.0 Å². The summed E-state index contributed by atoms with van der Waals surface area (Å²) >= 11 is 1.52. The van der Waals surface area contributed by atoms with Gasteiger partial charge in [0.15, 0.2) is 5.82 Å². The first kappa shape index (κ1) is 20.9. The molecule has 1 N–H and O–H groups in total. The van der Waals surface area contributed by atoms with Crippen molar-refractivity contribution in [3.63, 3.8) is 0 Å². The van der Waals surface area contributed by atoms with E-state index >= 15 is 0 Å². The minimum absolute atomic E-state index is 0.105. The number of benzene rings is 3. The second-order valence-electron chi connectivity index (χ2n) is 7.20. The minimum atomic E-state index is -0.116. The summed E-state index contributed by atoms with van der Waals surface area (Å²) in [6, 6.07) is 26.0. The van der Waals surface area contributed by atoms with Crippen molar-refractivity contribution >= 4 is 17.7 Å². The second-order valence-corrected chi connectivity index (χ2v) is 8.21. The number of nitrogens with one attached hydrogen (secondary N) is 1. The van der Waals surface area contributed by atoms with Crippen molar-refractivity contribution < 1.29 is 9.32 Å². The van der Waals surface area contributed by atoms with Crippen molar-refractivity contribution in [2.24, 2.45) is 0 Å². The van der Waals surface area contributed by atoms with Crippen LogP contribution in [0.5, 0.6) is 0 Å². The molecule has 0 aliphatic carbocycles. The van der Waals surface area contributed by atoms with Crippen LogP contribution >= 0.6 is 11.8 Å². The third kappa shape index (κ3) is 5.22. The summed E-state index contributed by atoms with van der Waals surface area (Å²) < 4.78 is 5.02. The van der Waals surface area contributed by atoms with Gasteiger partial charge in [-0.25, -0.2) is 0 Å². The van der Waals surface area contributed by atoms with Gasteiger partial charge in [0.25, 0.3) is 5.91 Å². The maximum Gasteiger partial charge on any atom is 0.252 e. The van der Waals surface area contributed by atoms with Crippen LogP contribution in [0.4, 0.5) is 0 Å². The Morgan fingerprint density at radius 2 is 1.65 bits per heavy atom. The standard InChI is InChI=1S/C25H23N3O2S/c1-17(19-12-14-21(15-13-19)20-8-4-3-5-9-20)26-25(29)22-10-6-7-11-23(22)31-16-24-27-18(2)30-28-24/h3-15,17H,16H2,1-2H3,(H,26,29)/t17-/m0/s1. The Morgan fingerprint density at radius 3 is 2.35 bits per heavy atom. The van der Waals surface area contributed by atoms with Crippen LogP contribution in [0.15, 0.2) is 88.3 Å². The Labute approximate surface area is 185 Å². The molecule has 1 heterocycles. The number of thioether (sulfide) groups is 1. The molecule has 1 aromatic heterocycles. The van der Waals surface area contributed by atoms with Gasteiger partial charge in [-0.1, -0.05) is 71.9 Å². The van der Waals surface area contributed by atoms with Gasteiger partial charge in [0.1, 0.15) is 0 Å². The lowest BCUT2D eigenvalue weighted by molar-refractivity contribution is 0.0937. The SMILES string of the molecule is Cc1nc(CSc2ccccc2C(=O)N[C@@H](C)c2ccc(-c3ccccc3)cc2)no1. The number of aromatic nitrogens is 2. The van der Waals surface area contributed by atoms with Gasteiger partial charge >= 0.3 is 0 Å². The molecule has 1 amide bonds. The van der Waals surface area contributed by atoms with E-state index in [0.717, 1.165) is 16.0 Å². The molecule has 0 radical (unpaired) electrons. The molecule has 0 saturated heterocycles. The van der Waals surface area contributed by atoms with Crippen LogP contribution in [-0.4, -0.2) is 16.0 Å². The maximum atomic E-state index is 13.0. The van der Waals surface area contributed by atoms with E-state index in [-0.39, 0.29) is 11.9 Å². The zero-order chi connectivity index (χ0) is 21.6. The molecule has 0 unspecified atom stereocenters. The van der Waals surface area contributed by atoms with Crippen LogP contribution in [0, 0.1) is 6.92 Å². The molecule has 5 nitrogen and oxygen atoms in total. The summed E-state index contributed by atoms with van der Waals surface area (Å²) in [7, 11) is 0. The Morgan fingerprint density at radius 1 is 0.968 bits per heavy atom. The van der Waals surface area contributed by atoms with Gasteiger partial charge in [0.2, 0.25) is 5.89 Å². The predicted octanol–water partition coefficient (Wildman–Crippen LogP) is 5.83. The van der Waals surface area contributed by atoms with E-state index < -0.39 is 0 Å². The van der Waals surface area contributed by atoms with Crippen molar-refractivity contribution in [3.05, 3.63) is 102 Å². The largest absolute Gasteiger partial charge is 0.345 e. The lowest BCUT2D eigenvalue weighted by atomic mass is 10.0. The van der Waals surface area contributed by atoms with Crippen molar-refractivity contribution in [1.82, 2.24) is 15.5 Å². The molecule has 31 heavy (non-hydrogen) atoms. The third-order valence-electron chi connectivity index (χ3n) is 4.92. The smallest absolute Gasteiger partial charge is 0.252 e. The highest BCUT2D eigenvalue weighted by atomic mass is 32.2. The average Bonchev–Trinajstić information content (AvgIpc) is 3.23. The van der Waals surface area contributed by atoms with Gasteiger partial charge < -0.3 is 9.84 Å². The van der Waals surface area contributed by atoms with Crippen LogP contribution < -0.4 is 5.32 Å². The molecule has 4 rings (SSSR count). The normalized spacial score (nSPS) is 11.8. The number of nitrogens with zero attached hydrogens (tertiary/aromatic N) is 2. The van der Waals surface area contributed by atoms with Crippen LogP contribution in [-0.2, 0) is 5.75 Å². The molecule has 0 bridgehead atoms. The molecule has 0 spiro atoms. The Balaban J connectivity index is 1.43. The molecule has 0 fully saturated rings. The average molecular weight is 430 g/mol. The van der Waals surface area contributed by atoms with Crippen LogP contribution in [0.3, 0.4) is 0 Å². The second kappa shape index (κ2) is 9.62. The topological polar surface area (TPSA) is 68.0 Å². The number of hydrogen-bond acceptors (Lipinski definition) is 5. The Hall–Kier alpha value is -3.38. The fourth-order valence-corrected chi connectivity index (χ4v) is 4.17. The van der Waals surface area contributed by atoms with Gasteiger partial charge in [-0.3, -0.25) is 4.79 Å². The van der Waals surface area contributed by atoms with Gasteiger partial charge in [-0.05, 0) is 35.7 Å². The maximum absolute atomic E-state index is 13.0. The summed E-state index contributed by atoms with van der Waals surface area (Å²) in [6.45, 7) is 3.75. The van der Waals surface area contributed by atoms with Crippen LogP contribution in [0.25, 0.3) is 11.1 Å². The quantitative estimate of drug-likeness (QED) is 0.375. The monoisotopic (exact) mass is 429 g/mol. The lowest BCUT2D eigenvalue weighted by Gasteiger charge is -2.16. The lowest BCUT2D eigenvalue weighted by Crippen LogP contribution is -2.27. The summed E-state index contributed by atoms with van der Waals surface area (Å²) in [5, 5.41) is 7.03. The van der Waals surface area contributed by atoms with Crippen molar-refractivity contribution in [3.8, 4) is 11.1 Å². The van der Waals surface area contributed by atoms with E-state index in [1.165, 1.54) is 17.3 Å². The summed E-state index contributed by atoms with van der Waals surface area (Å²) in [5.41, 5.74) is 4.02. The van der Waals surface area contributed by atoms with Gasteiger partial charge in [-0.15, -0.1) is 11.8 Å². The van der Waals surface area contributed by atoms with Crippen LogP contribution in [0.1, 0.15) is 40.6 Å². The molecule has 0 aliphatic rings. The number of hydrogen-bond donors (Lipinski definition) is 1. The molecule has 0 saturated carbocycles. The van der Waals surface area contributed by atoms with Crippen LogP contribution in [0.2, 0.25) is 0 Å². The fourth-order valence-electron chi connectivity index (χ4n) is 3.27. The highest BCUT2D eigenvalue weighted by Gasteiger charge is 2.16. The summed E-state index contributed by atoms with van der Waals surface area (Å²) in [6.07, 6.45) is 0. The highest BCUT2D eigenvalue weighted by molar-refractivity contribution is 7.98. The minimum Gasteiger partial charge on any atom is -0.345 e. The van der Waals surface area contributed by atoms with Gasteiger partial charge in [0, 0.05) is 11.8 Å². The number of aryl methyl sites for hydroxylation is 1. The Kier molecular flexibility index (Phi) is 6.48. The van der Waals surface area contributed by atoms with Gasteiger partial charge in [0.05, 0.1) is 17.4 Å².